The minimum atomic E-state index is 0.229. The smallest absolute Gasteiger partial charge is 0.128 e. The fourth-order valence-corrected chi connectivity index (χ4v) is 2.45. The molecule has 0 radical (unpaired) electrons. The second kappa shape index (κ2) is 5.59. The number of rotatable bonds is 2. The van der Waals surface area contributed by atoms with Crippen LogP contribution in [0.5, 0.6) is 11.5 Å². The molecule has 1 atom stereocenters. The zero-order chi connectivity index (χ0) is 13.9. The van der Waals surface area contributed by atoms with Crippen LogP contribution in [0.2, 0.25) is 5.02 Å². The minimum Gasteiger partial charge on any atom is -0.497 e. The van der Waals surface area contributed by atoms with Crippen molar-refractivity contribution >= 4 is 17.7 Å². The van der Waals surface area contributed by atoms with Crippen LogP contribution in [0.3, 0.4) is 0 Å². The van der Waals surface area contributed by atoms with Crippen molar-refractivity contribution in [3.63, 3.8) is 0 Å². The highest BCUT2D eigenvalue weighted by Gasteiger charge is 2.14. The van der Waals surface area contributed by atoms with Gasteiger partial charge in [-0.05, 0) is 35.9 Å². The summed E-state index contributed by atoms with van der Waals surface area (Å²) in [6.07, 6.45) is 4.26. The maximum absolute atomic E-state index is 6.00. The number of halogens is 1. The van der Waals surface area contributed by atoms with E-state index in [-0.39, 0.29) is 5.92 Å². The molecule has 2 nitrogen and oxygen atoms in total. The van der Waals surface area contributed by atoms with E-state index in [0.29, 0.717) is 11.6 Å². The van der Waals surface area contributed by atoms with E-state index in [9.17, 15) is 0 Å². The van der Waals surface area contributed by atoms with Crippen molar-refractivity contribution in [3.8, 4) is 11.5 Å². The van der Waals surface area contributed by atoms with Gasteiger partial charge in [-0.25, -0.2) is 0 Å². The van der Waals surface area contributed by atoms with Crippen molar-refractivity contribution < 1.29 is 9.47 Å². The lowest BCUT2D eigenvalue weighted by molar-refractivity contribution is 0.308. The first-order valence-corrected chi connectivity index (χ1v) is 6.88. The second-order valence-electron chi connectivity index (χ2n) is 4.73. The fraction of sp³-hybridized carbons (Fsp3) is 0.176. The molecule has 0 amide bonds. The van der Waals surface area contributed by atoms with Gasteiger partial charge < -0.3 is 9.47 Å². The van der Waals surface area contributed by atoms with E-state index in [1.165, 1.54) is 5.56 Å². The molecule has 0 bridgehead atoms. The molecule has 0 aromatic heterocycles. The van der Waals surface area contributed by atoms with Crippen molar-refractivity contribution in [2.45, 2.75) is 5.92 Å². The van der Waals surface area contributed by atoms with Gasteiger partial charge in [0.05, 0.1) is 13.7 Å². The van der Waals surface area contributed by atoms with Gasteiger partial charge in [0.15, 0.2) is 0 Å². The van der Waals surface area contributed by atoms with Gasteiger partial charge in [0.1, 0.15) is 11.5 Å². The van der Waals surface area contributed by atoms with Crippen LogP contribution in [0.1, 0.15) is 17.0 Å². The van der Waals surface area contributed by atoms with Crippen molar-refractivity contribution in [1.29, 1.82) is 0 Å². The largest absolute Gasteiger partial charge is 0.497 e. The lowest BCUT2D eigenvalue weighted by Crippen LogP contribution is -2.07. The number of hydrogen-bond donors (Lipinski definition) is 0. The van der Waals surface area contributed by atoms with Gasteiger partial charge in [-0.3, -0.25) is 0 Å². The van der Waals surface area contributed by atoms with Crippen LogP contribution in [-0.4, -0.2) is 13.7 Å². The SMILES string of the molecule is COc1ccc(C2C=Cc3ccc(Cl)cc3OC2)cc1. The van der Waals surface area contributed by atoms with Gasteiger partial charge >= 0.3 is 0 Å². The first-order valence-electron chi connectivity index (χ1n) is 6.51. The van der Waals surface area contributed by atoms with Crippen LogP contribution in [0.25, 0.3) is 6.08 Å². The van der Waals surface area contributed by atoms with Gasteiger partial charge in [-0.2, -0.15) is 0 Å². The van der Waals surface area contributed by atoms with E-state index in [2.05, 4.69) is 24.3 Å². The summed E-state index contributed by atoms with van der Waals surface area (Å²) in [5.74, 6) is 1.93. The maximum Gasteiger partial charge on any atom is 0.128 e. The quantitative estimate of drug-likeness (QED) is 0.807. The summed E-state index contributed by atoms with van der Waals surface area (Å²) in [5, 5.41) is 0.694. The lowest BCUT2D eigenvalue weighted by atomic mass is 9.99. The normalized spacial score (nSPS) is 17.0. The highest BCUT2D eigenvalue weighted by atomic mass is 35.5. The molecule has 102 valence electrons. The molecule has 1 unspecified atom stereocenters. The summed E-state index contributed by atoms with van der Waals surface area (Å²) < 4.78 is 11.1. The first kappa shape index (κ1) is 13.1. The van der Waals surface area contributed by atoms with Crippen molar-refractivity contribution in [1.82, 2.24) is 0 Å². The highest BCUT2D eigenvalue weighted by Crippen LogP contribution is 2.31. The van der Waals surface area contributed by atoms with Crippen molar-refractivity contribution in [2.75, 3.05) is 13.7 Å². The fourth-order valence-electron chi connectivity index (χ4n) is 2.28. The molecule has 0 spiro atoms. The molecule has 0 saturated heterocycles. The van der Waals surface area contributed by atoms with Gasteiger partial charge in [-0.15, -0.1) is 0 Å². The molecule has 0 N–H and O–H groups in total. The molecule has 1 aliphatic rings. The summed E-state index contributed by atoms with van der Waals surface area (Å²) in [6.45, 7) is 0.607. The Hall–Kier alpha value is -1.93. The maximum atomic E-state index is 6.00. The van der Waals surface area contributed by atoms with Gasteiger partial charge in [0, 0.05) is 16.5 Å². The van der Waals surface area contributed by atoms with E-state index in [1.54, 1.807) is 7.11 Å². The van der Waals surface area contributed by atoms with Crippen molar-refractivity contribution in [2.24, 2.45) is 0 Å². The third kappa shape index (κ3) is 2.66. The molecule has 0 aliphatic carbocycles. The Morgan fingerprint density at radius 2 is 1.95 bits per heavy atom. The Balaban J connectivity index is 1.84. The summed E-state index contributed by atoms with van der Waals surface area (Å²) in [5.41, 5.74) is 2.27. The number of benzene rings is 2. The molecule has 0 saturated carbocycles. The Labute approximate surface area is 123 Å². The number of ether oxygens (including phenoxy) is 2. The van der Waals surface area contributed by atoms with E-state index in [4.69, 9.17) is 21.1 Å². The third-order valence-corrected chi connectivity index (χ3v) is 3.68. The number of methoxy groups -OCH3 is 1. The molecule has 20 heavy (non-hydrogen) atoms. The van der Waals surface area contributed by atoms with Crippen LogP contribution >= 0.6 is 11.6 Å². The van der Waals surface area contributed by atoms with Crippen LogP contribution in [0.4, 0.5) is 0 Å². The Morgan fingerprint density at radius 1 is 1.15 bits per heavy atom. The van der Waals surface area contributed by atoms with E-state index in [1.807, 2.05) is 30.3 Å². The molecular weight excluding hydrogens is 272 g/mol. The molecule has 3 heteroatoms. The zero-order valence-corrected chi connectivity index (χ0v) is 11.9. The van der Waals surface area contributed by atoms with Gasteiger partial charge in [-0.1, -0.05) is 35.9 Å². The topological polar surface area (TPSA) is 18.5 Å². The predicted molar refractivity (Wildman–Crippen MR) is 81.7 cm³/mol. The van der Waals surface area contributed by atoms with E-state index >= 15 is 0 Å². The summed E-state index contributed by atoms with van der Waals surface area (Å²) in [4.78, 5) is 0. The molecule has 0 fully saturated rings. The molecule has 2 aromatic rings. The average Bonchev–Trinajstić information content (AvgIpc) is 2.69. The second-order valence-corrected chi connectivity index (χ2v) is 5.17. The summed E-state index contributed by atoms with van der Waals surface area (Å²) >= 11 is 6.00. The van der Waals surface area contributed by atoms with Crippen LogP contribution < -0.4 is 9.47 Å². The van der Waals surface area contributed by atoms with Gasteiger partial charge in [0.2, 0.25) is 0 Å². The van der Waals surface area contributed by atoms with E-state index in [0.717, 1.165) is 17.1 Å². The monoisotopic (exact) mass is 286 g/mol. The lowest BCUT2D eigenvalue weighted by Gasteiger charge is -2.13. The Bertz CT molecular complexity index is 632. The Morgan fingerprint density at radius 3 is 2.70 bits per heavy atom. The average molecular weight is 287 g/mol. The molecule has 2 aromatic carbocycles. The molecule has 3 rings (SSSR count). The van der Waals surface area contributed by atoms with Crippen LogP contribution in [0, 0.1) is 0 Å². The highest BCUT2D eigenvalue weighted by molar-refractivity contribution is 6.30. The standard InChI is InChI=1S/C17H15ClO2/c1-19-16-8-5-12(6-9-16)14-3-2-13-4-7-15(18)10-17(13)20-11-14/h2-10,14H,11H2,1H3. The first-order chi connectivity index (χ1) is 9.76. The number of fused-ring (bicyclic) bond motifs is 1. The minimum absolute atomic E-state index is 0.229. The Kier molecular flexibility index (Phi) is 3.66. The summed E-state index contributed by atoms with van der Waals surface area (Å²) in [6, 6.07) is 13.8. The van der Waals surface area contributed by atoms with Crippen LogP contribution in [0.15, 0.2) is 48.5 Å². The van der Waals surface area contributed by atoms with E-state index < -0.39 is 0 Å². The molecule has 1 heterocycles. The van der Waals surface area contributed by atoms with Crippen molar-refractivity contribution in [3.05, 3.63) is 64.7 Å². The zero-order valence-electron chi connectivity index (χ0n) is 11.2. The summed E-state index contributed by atoms with van der Waals surface area (Å²) in [7, 11) is 1.67. The van der Waals surface area contributed by atoms with Gasteiger partial charge in [0.25, 0.3) is 0 Å². The third-order valence-electron chi connectivity index (χ3n) is 3.45. The number of hydrogen-bond acceptors (Lipinski definition) is 2. The predicted octanol–water partition coefficient (Wildman–Crippen LogP) is 4.54. The molecular formula is C17H15ClO2. The van der Waals surface area contributed by atoms with Crippen LogP contribution in [-0.2, 0) is 0 Å². The molecule has 1 aliphatic heterocycles.